The summed E-state index contributed by atoms with van der Waals surface area (Å²) in [6.07, 6.45) is 5.99. The summed E-state index contributed by atoms with van der Waals surface area (Å²) >= 11 is 0. The second kappa shape index (κ2) is 8.31. The Balaban J connectivity index is 1.78. The van der Waals surface area contributed by atoms with Gasteiger partial charge in [0, 0.05) is 25.2 Å². The van der Waals surface area contributed by atoms with E-state index in [9.17, 15) is 0 Å². The van der Waals surface area contributed by atoms with E-state index in [1.165, 1.54) is 31.2 Å². The first-order valence-electron chi connectivity index (χ1n) is 7.51. The number of hydrogen-bond acceptors (Lipinski definition) is 3. The van der Waals surface area contributed by atoms with Crippen LogP contribution in [0, 0.1) is 0 Å². The van der Waals surface area contributed by atoms with Gasteiger partial charge in [0.25, 0.3) is 0 Å². The summed E-state index contributed by atoms with van der Waals surface area (Å²) in [5.41, 5.74) is 1.35. The molecular weight excluding hydrogens is 236 g/mol. The van der Waals surface area contributed by atoms with Crippen LogP contribution in [0.3, 0.4) is 0 Å². The summed E-state index contributed by atoms with van der Waals surface area (Å²) in [4.78, 5) is 0. The zero-order valence-electron chi connectivity index (χ0n) is 11.6. The Morgan fingerprint density at radius 3 is 2.37 bits per heavy atom. The highest BCUT2D eigenvalue weighted by molar-refractivity contribution is 5.14. The van der Waals surface area contributed by atoms with Crippen molar-refractivity contribution < 1.29 is 5.11 Å². The molecule has 3 nitrogen and oxygen atoms in total. The van der Waals surface area contributed by atoms with Gasteiger partial charge in [0.1, 0.15) is 0 Å². The van der Waals surface area contributed by atoms with Crippen LogP contribution in [0.1, 0.15) is 37.7 Å². The van der Waals surface area contributed by atoms with Crippen LogP contribution in [-0.2, 0) is 6.54 Å². The number of aliphatic hydroxyl groups is 1. The van der Waals surface area contributed by atoms with Gasteiger partial charge in [-0.2, -0.15) is 0 Å². The van der Waals surface area contributed by atoms with Crippen LogP contribution in [0.4, 0.5) is 0 Å². The van der Waals surface area contributed by atoms with Crippen molar-refractivity contribution in [2.45, 2.75) is 50.7 Å². The first kappa shape index (κ1) is 14.5. The highest BCUT2D eigenvalue weighted by Crippen LogP contribution is 2.19. The molecule has 1 aliphatic carbocycles. The molecule has 1 aromatic rings. The van der Waals surface area contributed by atoms with Gasteiger partial charge in [0.05, 0.1) is 0 Å². The fraction of sp³-hybridized carbons (Fsp3) is 0.625. The Bertz CT molecular complexity index is 342. The van der Waals surface area contributed by atoms with E-state index in [2.05, 4.69) is 41.0 Å². The number of nitrogens with one attached hydrogen (secondary N) is 2. The quantitative estimate of drug-likeness (QED) is 0.659. The molecule has 0 heterocycles. The van der Waals surface area contributed by atoms with E-state index >= 15 is 0 Å². The predicted molar refractivity (Wildman–Crippen MR) is 79.0 cm³/mol. The van der Waals surface area contributed by atoms with Crippen LogP contribution in [0.25, 0.3) is 0 Å². The molecule has 19 heavy (non-hydrogen) atoms. The third-order valence-electron chi connectivity index (χ3n) is 3.92. The number of benzene rings is 1. The van der Waals surface area contributed by atoms with Crippen molar-refractivity contribution in [1.82, 2.24) is 10.6 Å². The monoisotopic (exact) mass is 262 g/mol. The molecule has 0 amide bonds. The summed E-state index contributed by atoms with van der Waals surface area (Å²) in [6.45, 7) is 2.15. The lowest BCUT2D eigenvalue weighted by Crippen LogP contribution is -2.49. The van der Waals surface area contributed by atoms with Gasteiger partial charge in [-0.15, -0.1) is 0 Å². The van der Waals surface area contributed by atoms with Crippen LogP contribution in [0.5, 0.6) is 0 Å². The molecule has 1 aliphatic rings. The molecule has 2 atom stereocenters. The number of hydrogen-bond donors (Lipinski definition) is 3. The van der Waals surface area contributed by atoms with Crippen molar-refractivity contribution in [2.24, 2.45) is 0 Å². The summed E-state index contributed by atoms with van der Waals surface area (Å²) in [5, 5.41) is 16.1. The van der Waals surface area contributed by atoms with Gasteiger partial charge in [0.2, 0.25) is 0 Å². The lowest BCUT2D eigenvalue weighted by Gasteiger charge is -2.33. The van der Waals surface area contributed by atoms with E-state index in [4.69, 9.17) is 5.11 Å². The van der Waals surface area contributed by atoms with Crippen LogP contribution in [-0.4, -0.2) is 30.3 Å². The molecule has 1 saturated carbocycles. The Hall–Kier alpha value is -0.900. The van der Waals surface area contributed by atoms with E-state index in [1.54, 1.807) is 0 Å². The Kier molecular flexibility index (Phi) is 6.34. The standard InChI is InChI=1S/C16H26N2O/c19-12-6-11-17-15-9-4-5-10-16(15)18-13-14-7-2-1-3-8-14/h1-3,7-8,15-19H,4-6,9-13H2/t15-,16-/m1/s1. The minimum atomic E-state index is 0.280. The highest BCUT2D eigenvalue weighted by Gasteiger charge is 2.23. The van der Waals surface area contributed by atoms with E-state index in [0.717, 1.165) is 19.5 Å². The van der Waals surface area contributed by atoms with E-state index in [-0.39, 0.29) is 6.61 Å². The molecular formula is C16H26N2O. The van der Waals surface area contributed by atoms with Gasteiger partial charge in [0.15, 0.2) is 0 Å². The molecule has 3 heteroatoms. The topological polar surface area (TPSA) is 44.3 Å². The van der Waals surface area contributed by atoms with Crippen LogP contribution >= 0.6 is 0 Å². The van der Waals surface area contributed by atoms with Gasteiger partial charge >= 0.3 is 0 Å². The predicted octanol–water partition coefficient (Wildman–Crippen LogP) is 2.06. The molecule has 0 aliphatic heterocycles. The van der Waals surface area contributed by atoms with E-state index in [1.807, 2.05) is 0 Å². The van der Waals surface area contributed by atoms with Gasteiger partial charge in [-0.05, 0) is 31.4 Å². The molecule has 0 spiro atoms. The SMILES string of the molecule is OCCCN[C@@H]1CCCC[C@H]1NCc1ccccc1. The fourth-order valence-electron chi connectivity index (χ4n) is 2.83. The molecule has 0 bridgehead atoms. The number of aliphatic hydroxyl groups excluding tert-OH is 1. The molecule has 0 aromatic heterocycles. The van der Waals surface area contributed by atoms with Gasteiger partial charge in [-0.1, -0.05) is 43.2 Å². The zero-order chi connectivity index (χ0) is 13.3. The summed E-state index contributed by atoms with van der Waals surface area (Å²) in [7, 11) is 0. The Labute approximate surface area is 116 Å². The average molecular weight is 262 g/mol. The van der Waals surface area contributed by atoms with Crippen molar-refractivity contribution in [3.8, 4) is 0 Å². The Morgan fingerprint density at radius 1 is 1.00 bits per heavy atom. The van der Waals surface area contributed by atoms with Gasteiger partial charge in [-0.3, -0.25) is 0 Å². The molecule has 106 valence electrons. The van der Waals surface area contributed by atoms with Crippen molar-refractivity contribution >= 4 is 0 Å². The minimum absolute atomic E-state index is 0.280. The van der Waals surface area contributed by atoms with Crippen LogP contribution in [0.15, 0.2) is 30.3 Å². The Morgan fingerprint density at radius 2 is 1.68 bits per heavy atom. The smallest absolute Gasteiger partial charge is 0.0443 e. The highest BCUT2D eigenvalue weighted by atomic mass is 16.3. The second-order valence-corrected chi connectivity index (χ2v) is 5.40. The molecule has 2 rings (SSSR count). The average Bonchev–Trinajstić information content (AvgIpc) is 2.48. The largest absolute Gasteiger partial charge is 0.396 e. The third-order valence-corrected chi connectivity index (χ3v) is 3.92. The third kappa shape index (κ3) is 4.94. The maximum atomic E-state index is 8.86. The van der Waals surface area contributed by atoms with Gasteiger partial charge < -0.3 is 15.7 Å². The minimum Gasteiger partial charge on any atom is -0.396 e. The molecule has 0 saturated heterocycles. The first-order valence-corrected chi connectivity index (χ1v) is 7.51. The van der Waals surface area contributed by atoms with Crippen LogP contribution < -0.4 is 10.6 Å². The second-order valence-electron chi connectivity index (χ2n) is 5.40. The van der Waals surface area contributed by atoms with Crippen molar-refractivity contribution in [3.63, 3.8) is 0 Å². The molecule has 0 radical (unpaired) electrons. The van der Waals surface area contributed by atoms with Crippen molar-refractivity contribution in [1.29, 1.82) is 0 Å². The first-order chi connectivity index (χ1) is 9.40. The fourth-order valence-corrected chi connectivity index (χ4v) is 2.83. The summed E-state index contributed by atoms with van der Waals surface area (Å²) in [5.74, 6) is 0. The maximum Gasteiger partial charge on any atom is 0.0443 e. The molecule has 1 fully saturated rings. The van der Waals surface area contributed by atoms with E-state index < -0.39 is 0 Å². The molecule has 1 aromatic carbocycles. The van der Waals surface area contributed by atoms with Crippen molar-refractivity contribution in [2.75, 3.05) is 13.2 Å². The normalized spacial score (nSPS) is 23.4. The summed E-state index contributed by atoms with van der Waals surface area (Å²) in [6, 6.07) is 11.7. The number of rotatable bonds is 7. The molecule has 0 unspecified atom stereocenters. The van der Waals surface area contributed by atoms with Gasteiger partial charge in [-0.25, -0.2) is 0 Å². The summed E-state index contributed by atoms with van der Waals surface area (Å²) < 4.78 is 0. The zero-order valence-corrected chi connectivity index (χ0v) is 11.6. The van der Waals surface area contributed by atoms with Crippen LogP contribution in [0.2, 0.25) is 0 Å². The van der Waals surface area contributed by atoms with Crippen molar-refractivity contribution in [3.05, 3.63) is 35.9 Å². The maximum absolute atomic E-state index is 8.86. The lowest BCUT2D eigenvalue weighted by atomic mass is 9.90. The molecule has 3 N–H and O–H groups in total. The lowest BCUT2D eigenvalue weighted by molar-refractivity contribution is 0.257. The van der Waals surface area contributed by atoms with E-state index in [0.29, 0.717) is 12.1 Å².